The molecule has 11 heteroatoms. The van der Waals surface area contributed by atoms with Gasteiger partial charge in [-0.05, 0) is 36.9 Å². The number of nitro groups is 1. The molecule has 1 aliphatic rings. The molecule has 0 amide bonds. The largest absolute Gasteiger partial charge is 0.493 e. The van der Waals surface area contributed by atoms with Crippen LogP contribution in [-0.4, -0.2) is 65.7 Å². The molecule has 3 rings (SSSR count). The molecule has 0 spiro atoms. The third-order valence-corrected chi connectivity index (χ3v) is 6.70. The number of anilines is 1. The average molecular weight is 451 g/mol. The van der Waals surface area contributed by atoms with Gasteiger partial charge in [0.15, 0.2) is 11.5 Å². The monoisotopic (exact) mass is 450 g/mol. The van der Waals surface area contributed by atoms with Crippen LogP contribution in [0.2, 0.25) is 0 Å². The maximum atomic E-state index is 12.0. The molecule has 1 fully saturated rings. The standard InChI is InChI=1S/C20H26N4O6S/c1-21-31(27,28)16-5-6-17(18(13-16)24(25)26)23-10-8-22(9-11-23)14-15-4-7-19(29-2)20(12-15)30-3/h4-7,12-13,21H,8-11,14H2,1-3H3. The smallest absolute Gasteiger partial charge is 0.293 e. The van der Waals surface area contributed by atoms with Gasteiger partial charge >= 0.3 is 0 Å². The van der Waals surface area contributed by atoms with E-state index in [2.05, 4.69) is 9.62 Å². The van der Waals surface area contributed by atoms with Gasteiger partial charge in [-0.1, -0.05) is 6.07 Å². The van der Waals surface area contributed by atoms with Crippen molar-refractivity contribution < 1.29 is 22.8 Å². The van der Waals surface area contributed by atoms with E-state index in [1.165, 1.54) is 19.2 Å². The van der Waals surface area contributed by atoms with Crippen molar-refractivity contribution in [2.75, 3.05) is 52.3 Å². The van der Waals surface area contributed by atoms with Gasteiger partial charge in [0.05, 0.1) is 24.0 Å². The summed E-state index contributed by atoms with van der Waals surface area (Å²) in [5.41, 5.74) is 1.29. The Hall–Kier alpha value is -2.89. The summed E-state index contributed by atoms with van der Waals surface area (Å²) in [6, 6.07) is 9.80. The van der Waals surface area contributed by atoms with Gasteiger partial charge < -0.3 is 14.4 Å². The number of nitrogens with one attached hydrogen (secondary N) is 1. The maximum absolute atomic E-state index is 12.0. The Morgan fingerprint density at radius 3 is 2.29 bits per heavy atom. The van der Waals surface area contributed by atoms with E-state index >= 15 is 0 Å². The third kappa shape index (κ3) is 5.06. The Morgan fingerprint density at radius 2 is 1.71 bits per heavy atom. The van der Waals surface area contributed by atoms with Crippen molar-refractivity contribution in [1.82, 2.24) is 9.62 Å². The number of methoxy groups -OCH3 is 2. The van der Waals surface area contributed by atoms with Gasteiger partial charge in [0.1, 0.15) is 5.69 Å². The van der Waals surface area contributed by atoms with E-state index in [0.29, 0.717) is 43.4 Å². The first-order chi connectivity index (χ1) is 14.8. The second-order valence-corrected chi connectivity index (χ2v) is 8.95. The molecule has 1 heterocycles. The van der Waals surface area contributed by atoms with Gasteiger partial charge in [-0.25, -0.2) is 13.1 Å². The minimum Gasteiger partial charge on any atom is -0.493 e. The molecule has 2 aromatic carbocycles. The first-order valence-electron chi connectivity index (χ1n) is 9.69. The summed E-state index contributed by atoms with van der Waals surface area (Å²) in [4.78, 5) is 15.1. The second-order valence-electron chi connectivity index (χ2n) is 7.07. The SMILES string of the molecule is CNS(=O)(=O)c1ccc(N2CCN(Cc3ccc(OC)c(OC)c3)CC2)c([N+](=O)[O-])c1. The van der Waals surface area contributed by atoms with Gasteiger partial charge in [0, 0.05) is 38.8 Å². The first kappa shape index (κ1) is 22.8. The molecule has 168 valence electrons. The molecular weight excluding hydrogens is 424 g/mol. The molecule has 0 saturated carbocycles. The van der Waals surface area contributed by atoms with Crippen LogP contribution in [0.25, 0.3) is 0 Å². The molecule has 31 heavy (non-hydrogen) atoms. The predicted molar refractivity (Wildman–Crippen MR) is 116 cm³/mol. The molecule has 0 bridgehead atoms. The Bertz CT molecular complexity index is 1050. The Labute approximate surface area is 181 Å². The van der Waals surface area contributed by atoms with E-state index < -0.39 is 14.9 Å². The van der Waals surface area contributed by atoms with Crippen molar-refractivity contribution in [3.05, 3.63) is 52.1 Å². The molecule has 1 N–H and O–H groups in total. The first-order valence-corrected chi connectivity index (χ1v) is 11.2. The Kier molecular flexibility index (Phi) is 6.98. The van der Waals surface area contributed by atoms with Gasteiger partial charge in [-0.15, -0.1) is 0 Å². The topological polar surface area (TPSA) is 114 Å². The van der Waals surface area contributed by atoms with Gasteiger partial charge in [-0.2, -0.15) is 0 Å². The summed E-state index contributed by atoms with van der Waals surface area (Å²) in [7, 11) is 0.706. The van der Waals surface area contributed by atoms with Crippen LogP contribution in [0.3, 0.4) is 0 Å². The van der Waals surface area contributed by atoms with Crippen molar-refractivity contribution in [2.45, 2.75) is 11.4 Å². The highest BCUT2D eigenvalue weighted by atomic mass is 32.2. The minimum absolute atomic E-state index is 0.127. The molecule has 0 atom stereocenters. The number of sulfonamides is 1. The van der Waals surface area contributed by atoms with Crippen molar-refractivity contribution >= 4 is 21.4 Å². The number of hydrogen-bond acceptors (Lipinski definition) is 8. The van der Waals surface area contributed by atoms with Crippen molar-refractivity contribution in [3.63, 3.8) is 0 Å². The minimum atomic E-state index is -3.76. The fourth-order valence-electron chi connectivity index (χ4n) is 3.59. The number of nitrogens with zero attached hydrogens (tertiary/aromatic N) is 3. The highest BCUT2D eigenvalue weighted by molar-refractivity contribution is 7.89. The highest BCUT2D eigenvalue weighted by Crippen LogP contribution is 2.32. The summed E-state index contributed by atoms with van der Waals surface area (Å²) < 4.78 is 36.8. The van der Waals surface area contributed by atoms with Crippen LogP contribution >= 0.6 is 0 Å². The lowest BCUT2D eigenvalue weighted by atomic mass is 10.1. The molecule has 0 aliphatic carbocycles. The van der Waals surface area contributed by atoms with E-state index in [9.17, 15) is 18.5 Å². The van der Waals surface area contributed by atoms with E-state index in [0.717, 1.165) is 18.2 Å². The zero-order valence-corrected chi connectivity index (χ0v) is 18.5. The predicted octanol–water partition coefficient (Wildman–Crippen LogP) is 1.84. The average Bonchev–Trinajstić information content (AvgIpc) is 2.79. The van der Waals surface area contributed by atoms with E-state index in [4.69, 9.17) is 9.47 Å². The summed E-state index contributed by atoms with van der Waals surface area (Å²) >= 11 is 0. The molecule has 1 aliphatic heterocycles. The molecular formula is C20H26N4O6S. The van der Waals surface area contributed by atoms with Crippen LogP contribution in [-0.2, 0) is 16.6 Å². The van der Waals surface area contributed by atoms with Crippen molar-refractivity contribution in [3.8, 4) is 11.5 Å². The number of hydrogen-bond donors (Lipinski definition) is 1. The van der Waals surface area contributed by atoms with Crippen LogP contribution in [0, 0.1) is 10.1 Å². The maximum Gasteiger partial charge on any atom is 0.293 e. The van der Waals surface area contributed by atoms with Gasteiger partial charge in [0.25, 0.3) is 5.69 Å². The second kappa shape index (κ2) is 9.50. The zero-order chi connectivity index (χ0) is 22.6. The summed E-state index contributed by atoms with van der Waals surface area (Å²) in [6.07, 6.45) is 0. The molecule has 0 radical (unpaired) electrons. The molecule has 0 aromatic heterocycles. The summed E-state index contributed by atoms with van der Waals surface area (Å²) in [5, 5.41) is 11.6. The fraction of sp³-hybridized carbons (Fsp3) is 0.400. The number of piperazine rings is 1. The van der Waals surface area contributed by atoms with Crippen LogP contribution in [0.5, 0.6) is 11.5 Å². The zero-order valence-electron chi connectivity index (χ0n) is 17.7. The molecule has 0 unspecified atom stereocenters. The van der Waals surface area contributed by atoms with Crippen LogP contribution in [0.15, 0.2) is 41.3 Å². The number of ether oxygens (including phenoxy) is 2. The van der Waals surface area contributed by atoms with Crippen molar-refractivity contribution in [1.29, 1.82) is 0 Å². The highest BCUT2D eigenvalue weighted by Gasteiger charge is 2.26. The van der Waals surface area contributed by atoms with Crippen LogP contribution in [0.1, 0.15) is 5.56 Å². The fourth-order valence-corrected chi connectivity index (χ4v) is 4.34. The third-order valence-electron chi connectivity index (χ3n) is 5.29. The van der Waals surface area contributed by atoms with E-state index in [1.54, 1.807) is 14.2 Å². The number of benzene rings is 2. The quantitative estimate of drug-likeness (QED) is 0.479. The number of nitro benzene ring substituents is 1. The van der Waals surface area contributed by atoms with Gasteiger partial charge in [0.2, 0.25) is 10.0 Å². The molecule has 2 aromatic rings. The number of rotatable bonds is 8. The lowest BCUT2D eigenvalue weighted by Crippen LogP contribution is -2.46. The van der Waals surface area contributed by atoms with E-state index in [1.807, 2.05) is 23.1 Å². The molecule has 1 saturated heterocycles. The molecule has 10 nitrogen and oxygen atoms in total. The van der Waals surface area contributed by atoms with E-state index in [-0.39, 0.29) is 10.6 Å². The Balaban J connectivity index is 1.71. The lowest BCUT2D eigenvalue weighted by Gasteiger charge is -2.36. The van der Waals surface area contributed by atoms with Crippen LogP contribution in [0.4, 0.5) is 11.4 Å². The summed E-state index contributed by atoms with van der Waals surface area (Å²) in [6.45, 7) is 3.32. The van der Waals surface area contributed by atoms with Crippen molar-refractivity contribution in [2.24, 2.45) is 0 Å². The normalized spacial score (nSPS) is 15.0. The van der Waals surface area contributed by atoms with Gasteiger partial charge in [-0.3, -0.25) is 15.0 Å². The summed E-state index contributed by atoms with van der Waals surface area (Å²) in [5.74, 6) is 1.35. The van der Waals surface area contributed by atoms with Crippen LogP contribution < -0.4 is 19.1 Å². The lowest BCUT2D eigenvalue weighted by molar-refractivity contribution is -0.384. The Morgan fingerprint density at radius 1 is 1.03 bits per heavy atom.